The van der Waals surface area contributed by atoms with Crippen LogP contribution in [0.1, 0.15) is 19.0 Å². The zero-order chi connectivity index (χ0) is 12.3. The van der Waals surface area contributed by atoms with E-state index in [0.29, 0.717) is 12.1 Å². The molecule has 1 aromatic rings. The molecule has 94 valence electrons. The van der Waals surface area contributed by atoms with E-state index >= 15 is 0 Å². The van der Waals surface area contributed by atoms with Gasteiger partial charge in [-0.25, -0.2) is 0 Å². The summed E-state index contributed by atoms with van der Waals surface area (Å²) in [6, 6.07) is 4.58. The Labute approximate surface area is 103 Å². The van der Waals surface area contributed by atoms with E-state index in [1.165, 1.54) is 0 Å². The Bertz CT molecular complexity index is 369. The minimum absolute atomic E-state index is 0.326. The van der Waals surface area contributed by atoms with E-state index in [-0.39, 0.29) is 0 Å². The molecule has 2 rings (SSSR count). The molecule has 0 amide bonds. The van der Waals surface area contributed by atoms with Crippen molar-refractivity contribution in [1.29, 1.82) is 0 Å². The van der Waals surface area contributed by atoms with Crippen molar-refractivity contribution in [2.24, 2.45) is 0 Å². The van der Waals surface area contributed by atoms with Gasteiger partial charge in [-0.1, -0.05) is 0 Å². The smallest absolute Gasteiger partial charge is 0.0703 e. The Kier molecular flexibility index (Phi) is 3.97. The fourth-order valence-electron chi connectivity index (χ4n) is 2.39. The molecule has 1 aliphatic rings. The lowest BCUT2D eigenvalue weighted by molar-refractivity contribution is 0.0810. The van der Waals surface area contributed by atoms with E-state index in [4.69, 9.17) is 4.74 Å². The van der Waals surface area contributed by atoms with Crippen LogP contribution in [0, 0.1) is 0 Å². The van der Waals surface area contributed by atoms with Crippen molar-refractivity contribution >= 4 is 5.69 Å². The number of rotatable bonds is 4. The molecule has 1 fully saturated rings. The normalized spacial score (nSPS) is 24.2. The lowest BCUT2D eigenvalue weighted by Gasteiger charge is -2.26. The minimum atomic E-state index is 0.326. The van der Waals surface area contributed by atoms with E-state index in [2.05, 4.69) is 35.2 Å². The molecule has 0 bridgehead atoms. The van der Waals surface area contributed by atoms with E-state index in [9.17, 15) is 0 Å². The number of hydrogen-bond acceptors (Lipinski definition) is 4. The van der Waals surface area contributed by atoms with Crippen molar-refractivity contribution in [3.05, 3.63) is 24.0 Å². The lowest BCUT2D eigenvalue weighted by Crippen LogP contribution is -2.36. The van der Waals surface area contributed by atoms with Crippen molar-refractivity contribution in [3.8, 4) is 0 Å². The summed E-state index contributed by atoms with van der Waals surface area (Å²) in [5.74, 6) is 0. The number of ether oxygens (including phenoxy) is 1. The summed E-state index contributed by atoms with van der Waals surface area (Å²) in [4.78, 5) is 6.73. The maximum Gasteiger partial charge on any atom is 0.0703 e. The van der Waals surface area contributed by atoms with Crippen LogP contribution < -0.4 is 5.32 Å². The minimum Gasteiger partial charge on any atom is -0.388 e. The summed E-state index contributed by atoms with van der Waals surface area (Å²) in [5, 5.41) is 3.14. The highest BCUT2D eigenvalue weighted by atomic mass is 16.5. The first-order valence-electron chi connectivity index (χ1n) is 6.15. The van der Waals surface area contributed by atoms with Gasteiger partial charge in [0.2, 0.25) is 0 Å². The van der Waals surface area contributed by atoms with Crippen LogP contribution in [0.3, 0.4) is 0 Å². The molecule has 17 heavy (non-hydrogen) atoms. The van der Waals surface area contributed by atoms with Crippen LogP contribution in [0.5, 0.6) is 0 Å². The predicted octanol–water partition coefficient (Wildman–Crippen LogP) is 1.73. The van der Waals surface area contributed by atoms with E-state index in [1.54, 1.807) is 0 Å². The fourth-order valence-corrected chi connectivity index (χ4v) is 2.39. The molecule has 0 aromatic carbocycles. The van der Waals surface area contributed by atoms with E-state index in [1.807, 2.05) is 19.3 Å². The first-order chi connectivity index (χ1) is 8.20. The van der Waals surface area contributed by atoms with E-state index < -0.39 is 0 Å². The maximum atomic E-state index is 5.59. The fraction of sp³-hybridized carbons (Fsp3) is 0.615. The number of hydrogen-bond donors (Lipinski definition) is 1. The Morgan fingerprint density at radius 1 is 1.59 bits per heavy atom. The van der Waals surface area contributed by atoms with Gasteiger partial charge >= 0.3 is 0 Å². The number of likely N-dealkylation sites (N-methyl/N-ethyl adjacent to an activating group) is 1. The van der Waals surface area contributed by atoms with Crippen LogP contribution in [0.15, 0.2) is 18.3 Å². The number of pyridine rings is 1. The number of nitrogens with one attached hydrogen (secondary N) is 1. The summed E-state index contributed by atoms with van der Waals surface area (Å²) in [5.41, 5.74) is 2.21. The number of nitrogens with zero attached hydrogens (tertiary/aromatic N) is 2. The van der Waals surface area contributed by atoms with Crippen molar-refractivity contribution in [1.82, 2.24) is 9.88 Å². The van der Waals surface area contributed by atoms with Gasteiger partial charge in [-0.15, -0.1) is 0 Å². The van der Waals surface area contributed by atoms with Crippen LogP contribution in [0.4, 0.5) is 5.69 Å². The summed E-state index contributed by atoms with van der Waals surface area (Å²) < 4.78 is 5.59. The molecule has 4 heteroatoms. The summed E-state index contributed by atoms with van der Waals surface area (Å²) in [6.07, 6.45) is 3.29. The number of aromatic nitrogens is 1. The third-order valence-electron chi connectivity index (χ3n) is 3.42. The first-order valence-corrected chi connectivity index (χ1v) is 6.15. The van der Waals surface area contributed by atoms with Crippen LogP contribution in [-0.4, -0.2) is 42.7 Å². The van der Waals surface area contributed by atoms with Crippen molar-refractivity contribution in [2.45, 2.75) is 32.0 Å². The summed E-state index contributed by atoms with van der Waals surface area (Å²) in [6.45, 7) is 3.89. The highest BCUT2D eigenvalue weighted by molar-refractivity contribution is 5.42. The summed E-state index contributed by atoms with van der Waals surface area (Å²) in [7, 11) is 4.07. The molecule has 0 saturated carbocycles. The zero-order valence-electron chi connectivity index (χ0n) is 10.8. The molecular formula is C13H21N3O. The standard InChI is InChI=1S/C13H21N3O/c1-10-13(5-7-17-10)16(3)9-12-8-11(14-2)4-6-15-12/h4,6,8,10,13H,5,7,9H2,1-3H3,(H,14,15). The molecule has 2 atom stereocenters. The van der Waals surface area contributed by atoms with Crippen molar-refractivity contribution < 1.29 is 4.74 Å². The van der Waals surface area contributed by atoms with Crippen LogP contribution in [-0.2, 0) is 11.3 Å². The highest BCUT2D eigenvalue weighted by Gasteiger charge is 2.27. The van der Waals surface area contributed by atoms with Gasteiger partial charge in [-0.2, -0.15) is 0 Å². The second kappa shape index (κ2) is 5.47. The van der Waals surface area contributed by atoms with Crippen molar-refractivity contribution in [3.63, 3.8) is 0 Å². The topological polar surface area (TPSA) is 37.4 Å². The second-order valence-electron chi connectivity index (χ2n) is 4.63. The van der Waals surface area contributed by atoms with Gasteiger partial charge in [-0.05, 0) is 32.5 Å². The van der Waals surface area contributed by atoms with Gasteiger partial charge < -0.3 is 10.1 Å². The van der Waals surface area contributed by atoms with Gasteiger partial charge in [-0.3, -0.25) is 9.88 Å². The Balaban J connectivity index is 1.99. The van der Waals surface area contributed by atoms with E-state index in [0.717, 1.165) is 31.0 Å². The molecule has 1 aliphatic heterocycles. The Morgan fingerprint density at radius 2 is 2.41 bits per heavy atom. The maximum absolute atomic E-state index is 5.59. The average Bonchev–Trinajstić information content (AvgIpc) is 2.76. The molecule has 0 spiro atoms. The summed E-state index contributed by atoms with van der Waals surface area (Å²) >= 11 is 0. The molecule has 0 aliphatic carbocycles. The number of anilines is 1. The lowest BCUT2D eigenvalue weighted by atomic mass is 10.1. The van der Waals surface area contributed by atoms with Gasteiger partial charge in [0.15, 0.2) is 0 Å². The Morgan fingerprint density at radius 3 is 3.06 bits per heavy atom. The molecule has 2 heterocycles. The molecule has 0 radical (unpaired) electrons. The molecular weight excluding hydrogens is 214 g/mol. The average molecular weight is 235 g/mol. The van der Waals surface area contributed by atoms with Gasteiger partial charge in [0.25, 0.3) is 0 Å². The Hall–Kier alpha value is -1.13. The SMILES string of the molecule is CNc1ccnc(CN(C)C2CCOC2C)c1. The van der Waals surface area contributed by atoms with Crippen LogP contribution in [0.25, 0.3) is 0 Å². The molecule has 2 unspecified atom stereocenters. The van der Waals surface area contributed by atoms with Gasteiger partial charge in [0.1, 0.15) is 0 Å². The quantitative estimate of drug-likeness (QED) is 0.862. The monoisotopic (exact) mass is 235 g/mol. The largest absolute Gasteiger partial charge is 0.388 e. The molecule has 1 saturated heterocycles. The second-order valence-corrected chi connectivity index (χ2v) is 4.63. The molecule has 1 aromatic heterocycles. The van der Waals surface area contributed by atoms with Crippen molar-refractivity contribution in [2.75, 3.05) is 26.0 Å². The van der Waals surface area contributed by atoms with Crippen LogP contribution >= 0.6 is 0 Å². The predicted molar refractivity (Wildman–Crippen MR) is 69.1 cm³/mol. The first kappa shape index (κ1) is 12.3. The zero-order valence-corrected chi connectivity index (χ0v) is 10.8. The van der Waals surface area contributed by atoms with Gasteiger partial charge in [0.05, 0.1) is 11.8 Å². The molecule has 1 N–H and O–H groups in total. The van der Waals surface area contributed by atoms with Gasteiger partial charge in [0, 0.05) is 38.1 Å². The van der Waals surface area contributed by atoms with Crippen LogP contribution in [0.2, 0.25) is 0 Å². The third-order valence-corrected chi connectivity index (χ3v) is 3.42. The third kappa shape index (κ3) is 2.96. The molecule has 4 nitrogen and oxygen atoms in total. The highest BCUT2D eigenvalue weighted by Crippen LogP contribution is 2.20.